The number of aromatic nitrogens is 2. The highest BCUT2D eigenvalue weighted by Gasteiger charge is 2.12. The Bertz CT molecular complexity index is 1810. The molecule has 0 saturated heterocycles. The van der Waals surface area contributed by atoms with Crippen LogP contribution in [-0.2, 0) is 0 Å². The molecular formula is C34H34Cl2N6O2. The smallest absolute Gasteiger partial charge is 0.119 e. The van der Waals surface area contributed by atoms with E-state index >= 15 is 0 Å². The number of benzene rings is 4. The van der Waals surface area contributed by atoms with Gasteiger partial charge in [-0.2, -0.15) is 0 Å². The van der Waals surface area contributed by atoms with Gasteiger partial charge in [-0.1, -0.05) is 23.2 Å². The second kappa shape index (κ2) is 13.7. The molecule has 0 unspecified atom stereocenters. The molecule has 2 heterocycles. The van der Waals surface area contributed by atoms with Crippen LogP contribution in [0.15, 0.2) is 72.8 Å². The first kappa shape index (κ1) is 30.0. The Morgan fingerprint density at radius 3 is 1.36 bits per heavy atom. The maximum atomic E-state index is 6.26. The highest BCUT2D eigenvalue weighted by Crippen LogP contribution is 2.35. The van der Waals surface area contributed by atoms with Crippen LogP contribution >= 0.6 is 23.2 Å². The van der Waals surface area contributed by atoms with Gasteiger partial charge in [0.05, 0.1) is 47.7 Å². The molecule has 0 aliphatic heterocycles. The molecule has 0 fully saturated rings. The lowest BCUT2D eigenvalue weighted by Gasteiger charge is -2.15. The summed E-state index contributed by atoms with van der Waals surface area (Å²) in [4.78, 5) is 9.61. The van der Waals surface area contributed by atoms with E-state index in [-0.39, 0.29) is 0 Å². The fourth-order valence-corrected chi connectivity index (χ4v) is 5.74. The summed E-state index contributed by atoms with van der Waals surface area (Å²) in [6, 6.07) is 23.5. The highest BCUT2D eigenvalue weighted by atomic mass is 35.5. The van der Waals surface area contributed by atoms with Crippen LogP contribution in [0.5, 0.6) is 11.5 Å². The molecule has 4 aromatic carbocycles. The summed E-state index contributed by atoms with van der Waals surface area (Å²) in [5.74, 6) is 1.59. The molecule has 2 aromatic heterocycles. The van der Waals surface area contributed by atoms with Crippen molar-refractivity contribution >= 4 is 78.2 Å². The van der Waals surface area contributed by atoms with Gasteiger partial charge in [-0.25, -0.2) is 9.97 Å². The first-order chi connectivity index (χ1) is 21.5. The van der Waals surface area contributed by atoms with Gasteiger partial charge in [-0.3, -0.25) is 0 Å². The van der Waals surface area contributed by atoms with Gasteiger partial charge in [0.1, 0.15) is 11.5 Å². The van der Waals surface area contributed by atoms with E-state index in [9.17, 15) is 0 Å². The Balaban J connectivity index is 1.01. The lowest BCUT2D eigenvalue weighted by atomic mass is 10.1. The minimum atomic E-state index is 0.667. The van der Waals surface area contributed by atoms with Crippen LogP contribution in [-0.4, -0.2) is 63.5 Å². The molecular weight excluding hydrogens is 595 g/mol. The molecule has 6 rings (SSSR count). The topological polar surface area (TPSA) is 92.4 Å². The number of rotatable bonds is 13. The van der Waals surface area contributed by atoms with Crippen molar-refractivity contribution in [2.45, 2.75) is 0 Å². The van der Waals surface area contributed by atoms with Crippen LogP contribution in [0, 0.1) is 0 Å². The second-order valence-electron chi connectivity index (χ2n) is 10.4. The quantitative estimate of drug-likeness (QED) is 0.0794. The molecule has 44 heavy (non-hydrogen) atoms. The van der Waals surface area contributed by atoms with Gasteiger partial charge in [0.15, 0.2) is 0 Å². The maximum Gasteiger partial charge on any atom is 0.119 e. The monoisotopic (exact) mass is 628 g/mol. The summed E-state index contributed by atoms with van der Waals surface area (Å²) in [5.41, 5.74) is 5.57. The Morgan fingerprint density at radius 2 is 0.932 bits per heavy atom. The summed E-state index contributed by atoms with van der Waals surface area (Å²) in [6.45, 7) is 4.82. The van der Waals surface area contributed by atoms with E-state index in [1.165, 1.54) is 0 Å². The molecule has 0 spiro atoms. The third-order valence-corrected chi connectivity index (χ3v) is 8.04. The maximum absolute atomic E-state index is 6.26. The number of anilines is 2. The largest absolute Gasteiger partial charge is 0.497 e. The number of halogens is 2. The summed E-state index contributed by atoms with van der Waals surface area (Å²) in [6.07, 6.45) is 0. The van der Waals surface area contributed by atoms with E-state index in [4.69, 9.17) is 42.6 Å². The fourth-order valence-electron chi connectivity index (χ4n) is 5.41. The number of pyridine rings is 2. The van der Waals surface area contributed by atoms with E-state index in [1.54, 1.807) is 14.2 Å². The van der Waals surface area contributed by atoms with Gasteiger partial charge in [0.2, 0.25) is 0 Å². The molecule has 0 amide bonds. The van der Waals surface area contributed by atoms with Gasteiger partial charge in [0.25, 0.3) is 0 Å². The zero-order chi connectivity index (χ0) is 30.5. The molecule has 0 aliphatic rings. The molecule has 0 saturated carbocycles. The van der Waals surface area contributed by atoms with Crippen molar-refractivity contribution < 1.29 is 9.47 Å². The molecule has 226 valence electrons. The Labute approximate surface area is 266 Å². The number of nitrogens with zero attached hydrogens (tertiary/aromatic N) is 2. The number of hydrogen-bond acceptors (Lipinski definition) is 8. The first-order valence-electron chi connectivity index (χ1n) is 14.6. The van der Waals surface area contributed by atoms with Crippen molar-refractivity contribution in [3.63, 3.8) is 0 Å². The van der Waals surface area contributed by atoms with Gasteiger partial charge < -0.3 is 30.7 Å². The van der Waals surface area contributed by atoms with Crippen LogP contribution in [0.3, 0.4) is 0 Å². The molecule has 0 atom stereocenters. The average Bonchev–Trinajstić information content (AvgIpc) is 3.04. The zero-order valence-corrected chi connectivity index (χ0v) is 26.1. The number of ether oxygens (including phenoxy) is 2. The van der Waals surface area contributed by atoms with Crippen molar-refractivity contribution in [2.75, 3.05) is 64.1 Å². The molecule has 6 aromatic rings. The van der Waals surface area contributed by atoms with Gasteiger partial charge >= 0.3 is 0 Å². The van der Waals surface area contributed by atoms with Gasteiger partial charge in [0, 0.05) is 70.9 Å². The molecule has 0 bridgehead atoms. The average molecular weight is 630 g/mol. The summed E-state index contributed by atoms with van der Waals surface area (Å²) < 4.78 is 10.9. The van der Waals surface area contributed by atoms with E-state index in [0.717, 1.165) is 106 Å². The molecule has 4 N–H and O–H groups in total. The van der Waals surface area contributed by atoms with E-state index in [2.05, 4.69) is 21.3 Å². The first-order valence-corrected chi connectivity index (χ1v) is 15.3. The minimum Gasteiger partial charge on any atom is -0.497 e. The fraction of sp³-hybridized carbons (Fsp3) is 0.235. The Hall–Kier alpha value is -4.08. The van der Waals surface area contributed by atoms with Crippen molar-refractivity contribution in [3.8, 4) is 11.5 Å². The number of hydrogen-bond donors (Lipinski definition) is 4. The predicted molar refractivity (Wildman–Crippen MR) is 184 cm³/mol. The standard InChI is InChI=1S/C34H34Cl2N6O2/c1-43-23-5-9-29-27(19-23)33(25-7-3-21(35)17-31(25)41-29)39-15-13-37-11-12-38-14-16-40-34-26-8-4-22(36)18-32(26)42-30-10-6-24(44-2)20-28(30)34/h3-10,17-20,37-38H,11-16H2,1-2H3,(H,39,41)(H,40,42). The van der Waals surface area contributed by atoms with Crippen LogP contribution in [0.25, 0.3) is 43.6 Å². The Kier molecular flexibility index (Phi) is 9.33. The van der Waals surface area contributed by atoms with E-state index < -0.39 is 0 Å². The SMILES string of the molecule is COc1ccc2nc3cc(Cl)ccc3c(NCCNCCNCCNc3c4ccc(Cl)cc4nc4ccc(OC)cc34)c2c1. The Morgan fingerprint density at radius 1 is 0.500 bits per heavy atom. The van der Waals surface area contributed by atoms with E-state index in [0.29, 0.717) is 10.0 Å². The predicted octanol–water partition coefficient (Wildman–Crippen LogP) is 7.12. The highest BCUT2D eigenvalue weighted by molar-refractivity contribution is 6.32. The normalized spacial score (nSPS) is 11.5. The lowest BCUT2D eigenvalue weighted by molar-refractivity contribution is 0.415. The second-order valence-corrected chi connectivity index (χ2v) is 11.3. The van der Waals surface area contributed by atoms with Crippen molar-refractivity contribution in [1.82, 2.24) is 20.6 Å². The number of methoxy groups -OCH3 is 2. The number of fused-ring (bicyclic) bond motifs is 4. The molecule has 10 heteroatoms. The summed E-state index contributed by atoms with van der Waals surface area (Å²) in [7, 11) is 3.35. The van der Waals surface area contributed by atoms with Crippen LogP contribution in [0.4, 0.5) is 11.4 Å². The van der Waals surface area contributed by atoms with Crippen molar-refractivity contribution in [2.24, 2.45) is 0 Å². The van der Waals surface area contributed by atoms with E-state index in [1.807, 2.05) is 72.8 Å². The molecule has 8 nitrogen and oxygen atoms in total. The van der Waals surface area contributed by atoms with Crippen molar-refractivity contribution in [1.29, 1.82) is 0 Å². The van der Waals surface area contributed by atoms with Gasteiger partial charge in [-0.05, 0) is 72.8 Å². The van der Waals surface area contributed by atoms with Crippen LogP contribution in [0.1, 0.15) is 0 Å². The van der Waals surface area contributed by atoms with Crippen LogP contribution < -0.4 is 30.7 Å². The summed E-state index contributed by atoms with van der Waals surface area (Å²) >= 11 is 12.5. The summed E-state index contributed by atoms with van der Waals surface area (Å²) in [5, 5.41) is 19.7. The minimum absolute atomic E-state index is 0.667. The molecule has 0 radical (unpaired) electrons. The lowest BCUT2D eigenvalue weighted by Crippen LogP contribution is -2.32. The van der Waals surface area contributed by atoms with Crippen LogP contribution in [0.2, 0.25) is 10.0 Å². The number of nitrogens with one attached hydrogen (secondary N) is 4. The molecule has 0 aliphatic carbocycles. The van der Waals surface area contributed by atoms with Gasteiger partial charge in [-0.15, -0.1) is 0 Å². The third kappa shape index (κ3) is 6.54. The third-order valence-electron chi connectivity index (χ3n) is 7.57. The zero-order valence-electron chi connectivity index (χ0n) is 24.6. The van der Waals surface area contributed by atoms with Crippen molar-refractivity contribution in [3.05, 3.63) is 82.8 Å².